The lowest BCUT2D eigenvalue weighted by Crippen LogP contribution is -2.41. The molecule has 0 N–H and O–H groups in total. The summed E-state index contributed by atoms with van der Waals surface area (Å²) < 4.78 is 44.3. The summed E-state index contributed by atoms with van der Waals surface area (Å²) in [5.74, 6) is -1.50. The molecule has 0 bridgehead atoms. The Hall–Kier alpha value is -1.46. The Morgan fingerprint density at radius 2 is 2.00 bits per heavy atom. The highest BCUT2D eigenvalue weighted by Crippen LogP contribution is 2.38. The molecule has 3 nitrogen and oxygen atoms in total. The summed E-state index contributed by atoms with van der Waals surface area (Å²) in [5.41, 5.74) is 0.521. The SMILES string of the molecule is CC(C)(C)OC(=O)N1CCC(C(F)(F)F)C=C1C1=CCCC1. The van der Waals surface area contributed by atoms with Crippen molar-refractivity contribution in [1.82, 2.24) is 4.90 Å². The molecule has 1 amide bonds. The van der Waals surface area contributed by atoms with Crippen molar-refractivity contribution in [3.63, 3.8) is 0 Å². The summed E-state index contributed by atoms with van der Waals surface area (Å²) in [4.78, 5) is 13.6. The number of halogens is 3. The van der Waals surface area contributed by atoms with E-state index in [-0.39, 0.29) is 13.0 Å². The molecule has 1 aliphatic heterocycles. The first-order chi connectivity index (χ1) is 10.1. The van der Waals surface area contributed by atoms with E-state index in [0.717, 1.165) is 18.4 Å². The Bertz CT molecular complexity index is 501. The predicted octanol–water partition coefficient (Wildman–Crippen LogP) is 4.80. The average Bonchev–Trinajstić information content (AvgIpc) is 2.88. The van der Waals surface area contributed by atoms with Crippen molar-refractivity contribution in [2.45, 2.75) is 58.2 Å². The molecule has 0 fully saturated rings. The summed E-state index contributed by atoms with van der Waals surface area (Å²) in [5, 5.41) is 0. The van der Waals surface area contributed by atoms with Crippen LogP contribution in [0, 0.1) is 5.92 Å². The molecule has 124 valence electrons. The highest BCUT2D eigenvalue weighted by Gasteiger charge is 2.42. The van der Waals surface area contributed by atoms with Gasteiger partial charge in [-0.2, -0.15) is 13.2 Å². The van der Waals surface area contributed by atoms with E-state index >= 15 is 0 Å². The molecule has 0 spiro atoms. The Labute approximate surface area is 128 Å². The van der Waals surface area contributed by atoms with Crippen LogP contribution >= 0.6 is 0 Å². The number of allylic oxidation sites excluding steroid dienone is 3. The molecule has 6 heteroatoms. The molecule has 2 rings (SSSR count). The van der Waals surface area contributed by atoms with E-state index < -0.39 is 23.8 Å². The zero-order chi connectivity index (χ0) is 16.5. The maximum atomic E-state index is 13.0. The first-order valence-electron chi connectivity index (χ1n) is 7.56. The first kappa shape index (κ1) is 16.9. The second kappa shape index (κ2) is 5.97. The van der Waals surface area contributed by atoms with Gasteiger partial charge in [0.25, 0.3) is 0 Å². The van der Waals surface area contributed by atoms with Crippen LogP contribution in [0.3, 0.4) is 0 Å². The molecule has 0 aromatic heterocycles. The number of ether oxygens (including phenoxy) is 1. The maximum absolute atomic E-state index is 13.0. The lowest BCUT2D eigenvalue weighted by Gasteiger charge is -2.35. The molecule has 1 heterocycles. The number of rotatable bonds is 1. The Morgan fingerprint density at radius 3 is 2.50 bits per heavy atom. The number of hydrogen-bond acceptors (Lipinski definition) is 2. The summed E-state index contributed by atoms with van der Waals surface area (Å²) in [7, 11) is 0. The van der Waals surface area contributed by atoms with Gasteiger partial charge in [0.05, 0.1) is 5.92 Å². The van der Waals surface area contributed by atoms with Crippen LogP contribution in [0.1, 0.15) is 46.5 Å². The fraction of sp³-hybridized carbons (Fsp3) is 0.688. The van der Waals surface area contributed by atoms with Gasteiger partial charge >= 0.3 is 12.3 Å². The van der Waals surface area contributed by atoms with Crippen molar-refractivity contribution in [3.8, 4) is 0 Å². The van der Waals surface area contributed by atoms with Gasteiger partial charge < -0.3 is 4.74 Å². The third kappa shape index (κ3) is 4.05. The van der Waals surface area contributed by atoms with E-state index in [2.05, 4.69) is 0 Å². The number of alkyl halides is 3. The van der Waals surface area contributed by atoms with Crippen LogP contribution in [0.4, 0.5) is 18.0 Å². The number of amides is 1. The van der Waals surface area contributed by atoms with E-state index in [1.165, 1.54) is 11.0 Å². The molecule has 1 atom stereocenters. The zero-order valence-electron chi connectivity index (χ0n) is 13.2. The van der Waals surface area contributed by atoms with Crippen molar-refractivity contribution in [3.05, 3.63) is 23.4 Å². The minimum atomic E-state index is -4.27. The number of carbonyl (C=O) groups excluding carboxylic acids is 1. The fourth-order valence-electron chi connectivity index (χ4n) is 2.70. The quantitative estimate of drug-likeness (QED) is 0.695. The monoisotopic (exact) mass is 317 g/mol. The van der Waals surface area contributed by atoms with E-state index in [4.69, 9.17) is 4.74 Å². The Balaban J connectivity index is 2.28. The molecule has 2 aliphatic rings. The van der Waals surface area contributed by atoms with Crippen molar-refractivity contribution < 1.29 is 22.7 Å². The standard InChI is InChI=1S/C16H22F3NO2/c1-15(2,3)22-14(21)20-9-8-12(16(17,18)19)10-13(20)11-6-4-5-7-11/h6,10,12H,4-5,7-9H2,1-3H3. The Kier molecular flexibility index (Phi) is 4.59. The number of carbonyl (C=O) groups is 1. The van der Waals surface area contributed by atoms with Crippen molar-refractivity contribution in [2.75, 3.05) is 6.54 Å². The molecule has 0 saturated heterocycles. The molecule has 0 saturated carbocycles. The normalized spacial score (nSPS) is 23.2. The highest BCUT2D eigenvalue weighted by atomic mass is 19.4. The third-order valence-electron chi connectivity index (χ3n) is 3.72. The smallest absolute Gasteiger partial charge is 0.414 e. The van der Waals surface area contributed by atoms with Gasteiger partial charge in [-0.05, 0) is 58.1 Å². The third-order valence-corrected chi connectivity index (χ3v) is 3.72. The molecule has 0 aromatic carbocycles. The summed E-state index contributed by atoms with van der Waals surface area (Å²) in [6.07, 6.45) is 0.579. The molecule has 1 unspecified atom stereocenters. The lowest BCUT2D eigenvalue weighted by atomic mass is 9.95. The van der Waals surface area contributed by atoms with Crippen molar-refractivity contribution in [1.29, 1.82) is 0 Å². The second-order valence-electron chi connectivity index (χ2n) is 6.74. The number of hydrogen-bond donors (Lipinski definition) is 0. The van der Waals surface area contributed by atoms with Gasteiger partial charge in [-0.3, -0.25) is 4.90 Å². The maximum Gasteiger partial charge on any atom is 0.414 e. The minimum Gasteiger partial charge on any atom is -0.443 e. The zero-order valence-corrected chi connectivity index (χ0v) is 13.2. The average molecular weight is 317 g/mol. The lowest BCUT2D eigenvalue weighted by molar-refractivity contribution is -0.165. The minimum absolute atomic E-state index is 0.0300. The van der Waals surface area contributed by atoms with Gasteiger partial charge in [0.1, 0.15) is 5.60 Å². The van der Waals surface area contributed by atoms with Crippen LogP contribution in [-0.2, 0) is 4.74 Å². The van der Waals surface area contributed by atoms with Crippen LogP contribution in [-0.4, -0.2) is 29.3 Å². The van der Waals surface area contributed by atoms with Crippen LogP contribution < -0.4 is 0 Å². The van der Waals surface area contributed by atoms with Gasteiger partial charge in [-0.25, -0.2) is 4.79 Å². The van der Waals surface area contributed by atoms with E-state index in [0.29, 0.717) is 12.1 Å². The topological polar surface area (TPSA) is 29.5 Å². The molecule has 22 heavy (non-hydrogen) atoms. The molecular formula is C16H22F3NO2. The van der Waals surface area contributed by atoms with Gasteiger partial charge in [0, 0.05) is 12.2 Å². The van der Waals surface area contributed by atoms with Gasteiger partial charge in [0.2, 0.25) is 0 Å². The van der Waals surface area contributed by atoms with Gasteiger partial charge in [0.15, 0.2) is 0 Å². The molecule has 0 aromatic rings. The van der Waals surface area contributed by atoms with Crippen LogP contribution in [0.2, 0.25) is 0 Å². The van der Waals surface area contributed by atoms with Gasteiger partial charge in [-0.1, -0.05) is 6.08 Å². The second-order valence-corrected chi connectivity index (χ2v) is 6.74. The predicted molar refractivity (Wildman–Crippen MR) is 77.1 cm³/mol. The molecular weight excluding hydrogens is 295 g/mol. The van der Waals surface area contributed by atoms with E-state index in [1.807, 2.05) is 6.08 Å². The van der Waals surface area contributed by atoms with Gasteiger partial charge in [-0.15, -0.1) is 0 Å². The molecule has 0 radical (unpaired) electrons. The van der Waals surface area contributed by atoms with Crippen LogP contribution in [0.5, 0.6) is 0 Å². The highest BCUT2D eigenvalue weighted by molar-refractivity contribution is 5.72. The Morgan fingerprint density at radius 1 is 1.32 bits per heavy atom. The van der Waals surface area contributed by atoms with Crippen LogP contribution in [0.25, 0.3) is 0 Å². The fourth-order valence-corrected chi connectivity index (χ4v) is 2.70. The number of nitrogens with zero attached hydrogens (tertiary/aromatic N) is 1. The summed E-state index contributed by atoms with van der Waals surface area (Å²) in [6, 6.07) is 0. The van der Waals surface area contributed by atoms with Crippen molar-refractivity contribution in [2.24, 2.45) is 5.92 Å². The van der Waals surface area contributed by atoms with E-state index in [1.54, 1.807) is 20.8 Å². The molecule has 1 aliphatic carbocycles. The van der Waals surface area contributed by atoms with Crippen molar-refractivity contribution >= 4 is 6.09 Å². The van der Waals surface area contributed by atoms with E-state index in [9.17, 15) is 18.0 Å². The summed E-state index contributed by atoms with van der Waals surface area (Å²) in [6.45, 7) is 5.25. The summed E-state index contributed by atoms with van der Waals surface area (Å²) >= 11 is 0. The largest absolute Gasteiger partial charge is 0.443 e. The first-order valence-corrected chi connectivity index (χ1v) is 7.56. The van der Waals surface area contributed by atoms with Crippen LogP contribution in [0.15, 0.2) is 23.4 Å².